The summed E-state index contributed by atoms with van der Waals surface area (Å²) in [5.74, 6) is -0.388. The van der Waals surface area contributed by atoms with E-state index in [1.165, 1.54) is 103 Å². The number of esters is 1. The third-order valence-electron chi connectivity index (χ3n) is 8.39. The first-order valence-corrected chi connectivity index (χ1v) is 21.3. The monoisotopic (exact) mass is 719 g/mol. The van der Waals surface area contributed by atoms with Crippen molar-refractivity contribution in [2.45, 2.75) is 187 Å². The second-order valence-electron chi connectivity index (χ2n) is 13.3. The van der Waals surface area contributed by atoms with E-state index in [0.717, 1.165) is 51.4 Å². The molecule has 9 nitrogen and oxygen atoms in total. The van der Waals surface area contributed by atoms with Gasteiger partial charge in [0.15, 0.2) is 0 Å². The fourth-order valence-electron chi connectivity index (χ4n) is 5.33. The maximum absolute atomic E-state index is 12.5. The minimum Gasteiger partial charge on any atom is -0.457 e. The summed E-state index contributed by atoms with van der Waals surface area (Å²) >= 11 is 0. The number of hydrogen-bond donors (Lipinski definition) is 3. The molecule has 3 atom stereocenters. The number of aliphatic hydroxyl groups excluding tert-OH is 2. The van der Waals surface area contributed by atoms with E-state index < -0.39 is 33.2 Å². The summed E-state index contributed by atoms with van der Waals surface area (Å²) in [5, 5.41) is 18.3. The maximum Gasteiger partial charge on any atom is 0.472 e. The molecule has 0 aliphatic carbocycles. The van der Waals surface area contributed by atoms with Crippen LogP contribution in [-0.2, 0) is 27.9 Å². The van der Waals surface area contributed by atoms with Crippen LogP contribution < -0.4 is 0 Å². The fourth-order valence-corrected chi connectivity index (χ4v) is 6.12. The van der Waals surface area contributed by atoms with Gasteiger partial charge in [0.2, 0.25) is 0 Å². The molecule has 0 aromatic rings. The number of phosphoric acid groups is 1. The van der Waals surface area contributed by atoms with Crippen molar-refractivity contribution in [2.24, 2.45) is 0 Å². The Morgan fingerprint density at radius 1 is 0.633 bits per heavy atom. The third kappa shape index (κ3) is 36.5. The summed E-state index contributed by atoms with van der Waals surface area (Å²) in [4.78, 5) is 22.4. The van der Waals surface area contributed by atoms with E-state index in [1.54, 1.807) is 0 Å². The summed E-state index contributed by atoms with van der Waals surface area (Å²) < 4.78 is 33.2. The van der Waals surface area contributed by atoms with Crippen LogP contribution >= 0.6 is 7.82 Å². The number of unbranched alkanes of at least 4 members (excludes halogenated alkanes) is 20. The van der Waals surface area contributed by atoms with Gasteiger partial charge >= 0.3 is 13.8 Å². The molecule has 0 aromatic carbocycles. The molecule has 3 N–H and O–H groups in total. The van der Waals surface area contributed by atoms with E-state index in [4.69, 9.17) is 23.6 Å². The lowest BCUT2D eigenvalue weighted by Gasteiger charge is -2.20. The minimum atomic E-state index is -4.51. The zero-order valence-corrected chi connectivity index (χ0v) is 32.3. The number of aliphatic hydroxyl groups is 2. The van der Waals surface area contributed by atoms with Crippen molar-refractivity contribution in [3.63, 3.8) is 0 Å². The van der Waals surface area contributed by atoms with E-state index >= 15 is 0 Å². The average molecular weight is 719 g/mol. The Kier molecular flexibility index (Phi) is 35.9. The standard InChI is InChI=1S/C39H75O9P/c1-3-5-7-9-11-13-14-15-16-17-18-19-20-21-22-24-26-28-30-32-45-35-38(36-47-49(43,44)46-34-37(41)33-40)48-39(42)31-29-27-25-23-12-10-8-6-4-2/h13-14,16-17,37-38,40-41H,3-12,15,18-36H2,1-2H3,(H,43,44)/b14-13-,17-16-. The number of phosphoric ester groups is 1. The molecule has 0 aromatic heterocycles. The molecule has 0 rings (SSSR count). The Morgan fingerprint density at radius 3 is 1.65 bits per heavy atom. The number of carbonyl (C=O) groups is 1. The first-order chi connectivity index (χ1) is 23.8. The van der Waals surface area contributed by atoms with Gasteiger partial charge in [-0.25, -0.2) is 4.57 Å². The number of carbonyl (C=O) groups excluding carboxylic acids is 1. The van der Waals surface area contributed by atoms with Crippen LogP contribution in [-0.4, -0.2) is 66.3 Å². The first-order valence-electron chi connectivity index (χ1n) is 19.8. The van der Waals surface area contributed by atoms with Gasteiger partial charge < -0.3 is 24.6 Å². The number of rotatable bonds is 38. The second kappa shape index (κ2) is 36.7. The largest absolute Gasteiger partial charge is 0.472 e. The van der Waals surface area contributed by atoms with Crippen molar-refractivity contribution in [2.75, 3.05) is 33.0 Å². The molecule has 0 saturated carbocycles. The predicted molar refractivity (Wildman–Crippen MR) is 201 cm³/mol. The molecule has 3 unspecified atom stereocenters. The summed E-state index contributed by atoms with van der Waals surface area (Å²) in [6.45, 7) is 3.47. The number of hydrogen-bond acceptors (Lipinski definition) is 8. The average Bonchev–Trinajstić information content (AvgIpc) is 3.09. The predicted octanol–water partition coefficient (Wildman–Crippen LogP) is 10.3. The smallest absolute Gasteiger partial charge is 0.457 e. The highest BCUT2D eigenvalue weighted by Crippen LogP contribution is 2.43. The SMILES string of the molecule is CCCCCC/C=C\C/C=C\CCCCCCCCCCOCC(COP(=O)(O)OCC(O)CO)OC(=O)CCCCCCCCCCC. The molecule has 0 amide bonds. The van der Waals surface area contributed by atoms with Crippen molar-refractivity contribution in [3.05, 3.63) is 24.3 Å². The third-order valence-corrected chi connectivity index (χ3v) is 9.34. The van der Waals surface area contributed by atoms with Gasteiger partial charge in [-0.15, -0.1) is 0 Å². The van der Waals surface area contributed by atoms with Gasteiger partial charge in [-0.05, 0) is 44.9 Å². The quantitative estimate of drug-likeness (QED) is 0.0247. The lowest BCUT2D eigenvalue weighted by atomic mass is 10.1. The summed E-state index contributed by atoms with van der Waals surface area (Å²) in [6.07, 6.45) is 35.7. The van der Waals surface area contributed by atoms with Gasteiger partial charge in [0.1, 0.15) is 12.2 Å². The minimum absolute atomic E-state index is 0.0482. The molecule has 0 bridgehead atoms. The van der Waals surface area contributed by atoms with Crippen LogP contribution in [0.25, 0.3) is 0 Å². The molecular formula is C39H75O9P. The molecule has 0 aliphatic heterocycles. The second-order valence-corrected chi connectivity index (χ2v) is 14.8. The van der Waals surface area contributed by atoms with Crippen LogP contribution in [0.3, 0.4) is 0 Å². The maximum atomic E-state index is 12.5. The molecule has 10 heteroatoms. The highest BCUT2D eigenvalue weighted by atomic mass is 31.2. The van der Waals surface area contributed by atoms with Gasteiger partial charge in [-0.1, -0.05) is 147 Å². The molecule has 290 valence electrons. The van der Waals surface area contributed by atoms with Gasteiger partial charge in [0.25, 0.3) is 0 Å². The summed E-state index contributed by atoms with van der Waals surface area (Å²) in [6, 6.07) is 0. The van der Waals surface area contributed by atoms with Crippen LogP contribution in [0.15, 0.2) is 24.3 Å². The van der Waals surface area contributed by atoms with E-state index in [2.05, 4.69) is 38.2 Å². The van der Waals surface area contributed by atoms with Gasteiger partial charge in [-0.2, -0.15) is 0 Å². The van der Waals surface area contributed by atoms with Crippen LogP contribution in [0.2, 0.25) is 0 Å². The Bertz CT molecular complexity index is 820. The van der Waals surface area contributed by atoms with Crippen molar-refractivity contribution in [3.8, 4) is 0 Å². The van der Waals surface area contributed by atoms with Crippen molar-refractivity contribution >= 4 is 13.8 Å². The van der Waals surface area contributed by atoms with Gasteiger partial charge in [-0.3, -0.25) is 13.8 Å². The van der Waals surface area contributed by atoms with Crippen molar-refractivity contribution < 1.29 is 43.0 Å². The van der Waals surface area contributed by atoms with Crippen LogP contribution in [0, 0.1) is 0 Å². The summed E-state index contributed by atoms with van der Waals surface area (Å²) in [7, 11) is -4.51. The molecule has 0 spiro atoms. The van der Waals surface area contributed by atoms with E-state index in [0.29, 0.717) is 6.61 Å². The fraction of sp³-hybridized carbons (Fsp3) is 0.872. The molecule has 0 aliphatic rings. The highest BCUT2D eigenvalue weighted by molar-refractivity contribution is 7.47. The summed E-state index contributed by atoms with van der Waals surface area (Å²) in [5.41, 5.74) is 0. The first kappa shape index (κ1) is 47.9. The van der Waals surface area contributed by atoms with Crippen LogP contribution in [0.4, 0.5) is 0 Å². The lowest BCUT2D eigenvalue weighted by Crippen LogP contribution is -2.29. The number of ether oxygens (including phenoxy) is 2. The number of allylic oxidation sites excluding steroid dienone is 4. The molecule has 0 heterocycles. The Labute approximate surface area is 300 Å². The van der Waals surface area contributed by atoms with Gasteiger partial charge in [0.05, 0.1) is 26.4 Å². The van der Waals surface area contributed by atoms with Crippen LogP contribution in [0.1, 0.15) is 174 Å². The topological polar surface area (TPSA) is 132 Å². The zero-order valence-electron chi connectivity index (χ0n) is 31.4. The van der Waals surface area contributed by atoms with Crippen LogP contribution in [0.5, 0.6) is 0 Å². The van der Waals surface area contributed by atoms with E-state index in [1.807, 2.05) is 0 Å². The normalized spacial score (nSPS) is 14.5. The molecule has 49 heavy (non-hydrogen) atoms. The van der Waals surface area contributed by atoms with E-state index in [-0.39, 0.29) is 25.6 Å². The Balaban J connectivity index is 4.13. The Morgan fingerprint density at radius 2 is 1.10 bits per heavy atom. The molecule has 0 saturated heterocycles. The van der Waals surface area contributed by atoms with Crippen molar-refractivity contribution in [1.29, 1.82) is 0 Å². The zero-order chi connectivity index (χ0) is 36.1. The lowest BCUT2D eigenvalue weighted by molar-refractivity contribution is -0.154. The van der Waals surface area contributed by atoms with Gasteiger partial charge in [0, 0.05) is 13.0 Å². The van der Waals surface area contributed by atoms with E-state index in [9.17, 15) is 19.4 Å². The Hall–Kier alpha value is -1.06. The highest BCUT2D eigenvalue weighted by Gasteiger charge is 2.26. The molecule has 0 fully saturated rings. The molecular weight excluding hydrogens is 643 g/mol. The van der Waals surface area contributed by atoms with Crippen molar-refractivity contribution in [1.82, 2.24) is 0 Å². The molecule has 0 radical (unpaired) electrons.